The summed E-state index contributed by atoms with van der Waals surface area (Å²) in [6.45, 7) is 9.76. The number of rotatable bonds is 4. The van der Waals surface area contributed by atoms with Gasteiger partial charge in [-0.15, -0.1) is 0 Å². The van der Waals surface area contributed by atoms with Crippen LogP contribution in [0.2, 0.25) is 0 Å². The van der Waals surface area contributed by atoms with Gasteiger partial charge in [0, 0.05) is 32.6 Å². The van der Waals surface area contributed by atoms with Crippen LogP contribution in [0.25, 0.3) is 0 Å². The molecule has 1 heterocycles. The summed E-state index contributed by atoms with van der Waals surface area (Å²) in [4.78, 5) is 25.4. The fourth-order valence-corrected chi connectivity index (χ4v) is 2.80. The minimum absolute atomic E-state index is 0.00217. The first kappa shape index (κ1) is 17.0. The summed E-state index contributed by atoms with van der Waals surface area (Å²) >= 11 is 0. The molecule has 1 aliphatic rings. The normalized spacial score (nSPS) is 18.8. The molecule has 20 heavy (non-hydrogen) atoms. The SMILES string of the molecule is CC(=O)NC1CCN(C(=O)C(CN)CC(C)(C)C)CC1. The molecule has 0 aromatic rings. The molecule has 3 N–H and O–H groups in total. The van der Waals surface area contributed by atoms with Gasteiger partial charge < -0.3 is 16.0 Å². The first-order chi connectivity index (χ1) is 9.23. The largest absolute Gasteiger partial charge is 0.353 e. The van der Waals surface area contributed by atoms with Crippen molar-refractivity contribution in [2.45, 2.75) is 53.0 Å². The number of carbonyl (C=O) groups excluding carboxylic acids is 2. The van der Waals surface area contributed by atoms with E-state index in [0.29, 0.717) is 19.6 Å². The zero-order chi connectivity index (χ0) is 15.3. The van der Waals surface area contributed by atoms with Crippen LogP contribution in [-0.4, -0.2) is 42.4 Å². The molecule has 5 heteroatoms. The van der Waals surface area contributed by atoms with Crippen molar-refractivity contribution in [3.8, 4) is 0 Å². The third-order valence-corrected chi connectivity index (χ3v) is 3.71. The first-order valence-corrected chi connectivity index (χ1v) is 7.49. The zero-order valence-corrected chi connectivity index (χ0v) is 13.2. The topological polar surface area (TPSA) is 75.4 Å². The predicted octanol–water partition coefficient (Wildman–Crippen LogP) is 1.12. The summed E-state index contributed by atoms with van der Waals surface area (Å²) in [5, 5.41) is 2.92. The number of nitrogens with zero attached hydrogens (tertiary/aromatic N) is 1. The van der Waals surface area contributed by atoms with Crippen molar-refractivity contribution >= 4 is 11.8 Å². The summed E-state index contributed by atoms with van der Waals surface area (Å²) in [7, 11) is 0. The van der Waals surface area contributed by atoms with Crippen molar-refractivity contribution in [2.75, 3.05) is 19.6 Å². The molecular formula is C15H29N3O2. The molecule has 0 spiro atoms. The number of carbonyl (C=O) groups is 2. The zero-order valence-electron chi connectivity index (χ0n) is 13.2. The lowest BCUT2D eigenvalue weighted by Gasteiger charge is -2.35. The minimum atomic E-state index is -0.0904. The Morgan fingerprint density at radius 2 is 1.85 bits per heavy atom. The lowest BCUT2D eigenvalue weighted by atomic mass is 9.84. The van der Waals surface area contributed by atoms with Crippen LogP contribution in [0.3, 0.4) is 0 Å². The summed E-state index contributed by atoms with van der Waals surface area (Å²) in [6.07, 6.45) is 2.48. The average Bonchev–Trinajstić information content (AvgIpc) is 2.34. The second-order valence-corrected chi connectivity index (χ2v) is 7.00. The Hall–Kier alpha value is -1.10. The maximum absolute atomic E-state index is 12.5. The van der Waals surface area contributed by atoms with Crippen molar-refractivity contribution in [3.05, 3.63) is 0 Å². The summed E-state index contributed by atoms with van der Waals surface area (Å²) < 4.78 is 0. The standard InChI is InChI=1S/C15H29N3O2/c1-11(19)17-13-5-7-18(8-6-13)14(20)12(10-16)9-15(2,3)4/h12-13H,5-10,16H2,1-4H3,(H,17,19). The average molecular weight is 283 g/mol. The number of nitrogens with two attached hydrogens (primary N) is 1. The van der Waals surface area contributed by atoms with Crippen LogP contribution in [0.4, 0.5) is 0 Å². The smallest absolute Gasteiger partial charge is 0.226 e. The van der Waals surface area contributed by atoms with Gasteiger partial charge in [-0.3, -0.25) is 9.59 Å². The van der Waals surface area contributed by atoms with E-state index >= 15 is 0 Å². The number of likely N-dealkylation sites (tertiary alicyclic amines) is 1. The molecule has 1 fully saturated rings. The summed E-state index contributed by atoms with van der Waals surface area (Å²) in [5.74, 6) is 0.0818. The monoisotopic (exact) mass is 283 g/mol. The van der Waals surface area contributed by atoms with E-state index < -0.39 is 0 Å². The van der Waals surface area contributed by atoms with Crippen LogP contribution in [0, 0.1) is 11.3 Å². The van der Waals surface area contributed by atoms with Gasteiger partial charge in [0.1, 0.15) is 0 Å². The van der Waals surface area contributed by atoms with Crippen LogP contribution < -0.4 is 11.1 Å². The van der Waals surface area contributed by atoms with E-state index in [-0.39, 0.29) is 29.2 Å². The Labute approximate surface area is 122 Å². The fraction of sp³-hybridized carbons (Fsp3) is 0.867. The van der Waals surface area contributed by atoms with Gasteiger partial charge in [0.25, 0.3) is 0 Å². The van der Waals surface area contributed by atoms with Crippen molar-refractivity contribution in [1.29, 1.82) is 0 Å². The van der Waals surface area contributed by atoms with Crippen molar-refractivity contribution in [3.63, 3.8) is 0 Å². The first-order valence-electron chi connectivity index (χ1n) is 7.49. The van der Waals surface area contributed by atoms with Gasteiger partial charge in [-0.25, -0.2) is 0 Å². The van der Waals surface area contributed by atoms with Gasteiger partial charge in [0.2, 0.25) is 11.8 Å². The van der Waals surface area contributed by atoms with Crippen LogP contribution >= 0.6 is 0 Å². The molecule has 0 radical (unpaired) electrons. The molecule has 1 rings (SSSR count). The fourth-order valence-electron chi connectivity index (χ4n) is 2.80. The third-order valence-electron chi connectivity index (χ3n) is 3.71. The van der Waals surface area contributed by atoms with Gasteiger partial charge in [0.05, 0.1) is 5.92 Å². The molecule has 0 aromatic carbocycles. The molecule has 1 unspecified atom stereocenters. The lowest BCUT2D eigenvalue weighted by Crippen LogP contribution is -2.49. The van der Waals surface area contributed by atoms with Crippen LogP contribution in [-0.2, 0) is 9.59 Å². The Bertz CT molecular complexity index is 342. The second kappa shape index (κ2) is 7.07. The van der Waals surface area contributed by atoms with Gasteiger partial charge in [0.15, 0.2) is 0 Å². The highest BCUT2D eigenvalue weighted by atomic mass is 16.2. The van der Waals surface area contributed by atoms with Crippen LogP contribution in [0.1, 0.15) is 47.0 Å². The van der Waals surface area contributed by atoms with E-state index in [1.807, 2.05) is 4.90 Å². The van der Waals surface area contributed by atoms with Crippen molar-refractivity contribution in [1.82, 2.24) is 10.2 Å². The number of hydrogen-bond acceptors (Lipinski definition) is 3. The van der Waals surface area contributed by atoms with E-state index in [2.05, 4.69) is 26.1 Å². The molecule has 5 nitrogen and oxygen atoms in total. The molecule has 1 aliphatic heterocycles. The van der Waals surface area contributed by atoms with E-state index in [1.54, 1.807) is 0 Å². The van der Waals surface area contributed by atoms with Gasteiger partial charge in [-0.05, 0) is 24.7 Å². The third kappa shape index (κ3) is 5.49. The van der Waals surface area contributed by atoms with E-state index in [0.717, 1.165) is 19.3 Å². The minimum Gasteiger partial charge on any atom is -0.353 e. The molecule has 1 atom stereocenters. The van der Waals surface area contributed by atoms with Crippen LogP contribution in [0.5, 0.6) is 0 Å². The molecule has 0 saturated carbocycles. The second-order valence-electron chi connectivity index (χ2n) is 7.00. The molecule has 2 amide bonds. The Morgan fingerprint density at radius 1 is 1.30 bits per heavy atom. The highest BCUT2D eigenvalue weighted by Gasteiger charge is 2.30. The number of amides is 2. The number of nitrogens with one attached hydrogen (secondary N) is 1. The predicted molar refractivity (Wildman–Crippen MR) is 80.0 cm³/mol. The van der Waals surface area contributed by atoms with E-state index in [1.165, 1.54) is 6.92 Å². The van der Waals surface area contributed by atoms with E-state index in [9.17, 15) is 9.59 Å². The maximum atomic E-state index is 12.5. The Kier molecular flexibility index (Phi) is 5.99. The van der Waals surface area contributed by atoms with Crippen LogP contribution in [0.15, 0.2) is 0 Å². The summed E-state index contributed by atoms with van der Waals surface area (Å²) in [6, 6.07) is 0.204. The molecule has 0 bridgehead atoms. The molecule has 0 aliphatic carbocycles. The van der Waals surface area contributed by atoms with Gasteiger partial charge >= 0.3 is 0 Å². The quantitative estimate of drug-likeness (QED) is 0.812. The number of hydrogen-bond donors (Lipinski definition) is 2. The highest BCUT2D eigenvalue weighted by molar-refractivity contribution is 5.79. The molecule has 0 aromatic heterocycles. The van der Waals surface area contributed by atoms with E-state index in [4.69, 9.17) is 5.73 Å². The molecule has 1 saturated heterocycles. The maximum Gasteiger partial charge on any atom is 0.226 e. The molecular weight excluding hydrogens is 254 g/mol. The molecule has 116 valence electrons. The van der Waals surface area contributed by atoms with Crippen molar-refractivity contribution < 1.29 is 9.59 Å². The van der Waals surface area contributed by atoms with Gasteiger partial charge in [-0.2, -0.15) is 0 Å². The van der Waals surface area contributed by atoms with Crippen molar-refractivity contribution in [2.24, 2.45) is 17.1 Å². The van der Waals surface area contributed by atoms with Gasteiger partial charge in [-0.1, -0.05) is 20.8 Å². The lowest BCUT2D eigenvalue weighted by molar-refractivity contribution is -0.137. The highest BCUT2D eigenvalue weighted by Crippen LogP contribution is 2.26. The number of piperidine rings is 1. The summed E-state index contributed by atoms with van der Waals surface area (Å²) in [5.41, 5.74) is 5.88. The Balaban J connectivity index is 2.50. The Morgan fingerprint density at radius 3 is 2.25 bits per heavy atom.